The molecular formula is C66H45N3. The lowest BCUT2D eigenvalue weighted by atomic mass is 9.93. The summed E-state index contributed by atoms with van der Waals surface area (Å²) < 4.78 is 7.33. The summed E-state index contributed by atoms with van der Waals surface area (Å²) in [5, 5.41) is 8.93. The zero-order valence-corrected chi connectivity index (χ0v) is 37.9. The second-order valence-corrected chi connectivity index (χ2v) is 18.4. The van der Waals surface area contributed by atoms with Crippen LogP contribution in [0.5, 0.6) is 0 Å². The van der Waals surface area contributed by atoms with Gasteiger partial charge in [0, 0.05) is 54.8 Å². The molecule has 13 aromatic rings. The number of rotatable bonds is 7. The van der Waals surface area contributed by atoms with Crippen molar-refractivity contribution in [2.75, 3.05) is 0 Å². The molecule has 3 aromatic heterocycles. The first-order chi connectivity index (χ1) is 34.2. The van der Waals surface area contributed by atoms with Gasteiger partial charge in [0.15, 0.2) is 0 Å². The summed E-state index contributed by atoms with van der Waals surface area (Å²) in [5.74, 6) is 0. The highest BCUT2D eigenvalue weighted by Crippen LogP contribution is 2.41. The monoisotopic (exact) mass is 879 g/mol. The van der Waals surface area contributed by atoms with Gasteiger partial charge in [-0.15, -0.1) is 0 Å². The van der Waals surface area contributed by atoms with E-state index < -0.39 is 0 Å². The minimum absolute atomic E-state index is 0.985. The Morgan fingerprint density at radius 1 is 0.290 bits per heavy atom. The van der Waals surface area contributed by atoms with Crippen molar-refractivity contribution in [1.29, 1.82) is 0 Å². The van der Waals surface area contributed by atoms with Crippen LogP contribution in [0, 0.1) is 0 Å². The number of nitrogens with zero attached hydrogens (tertiary/aromatic N) is 3. The molecule has 10 aromatic carbocycles. The number of fused-ring (bicyclic) bond motifs is 9. The van der Waals surface area contributed by atoms with Gasteiger partial charge < -0.3 is 13.7 Å². The molecule has 0 bridgehead atoms. The van der Waals surface area contributed by atoms with E-state index in [2.05, 4.69) is 262 Å². The predicted octanol–water partition coefficient (Wildman–Crippen LogP) is 15.6. The highest BCUT2D eigenvalue weighted by molar-refractivity contribution is 6.14. The third-order valence-corrected chi connectivity index (χ3v) is 14.5. The molecule has 0 N–H and O–H groups in total. The van der Waals surface area contributed by atoms with Gasteiger partial charge in [-0.1, -0.05) is 164 Å². The molecule has 3 nitrogen and oxygen atoms in total. The lowest BCUT2D eigenvalue weighted by Crippen LogP contribution is -2.33. The Morgan fingerprint density at radius 3 is 1.41 bits per heavy atom. The van der Waals surface area contributed by atoms with E-state index in [0.29, 0.717) is 0 Å². The molecule has 0 radical (unpaired) electrons. The van der Waals surface area contributed by atoms with Gasteiger partial charge in [-0.3, -0.25) is 0 Å². The van der Waals surface area contributed by atoms with Crippen molar-refractivity contribution in [3.63, 3.8) is 0 Å². The van der Waals surface area contributed by atoms with E-state index in [1.54, 1.807) is 0 Å². The number of para-hydroxylation sites is 6. The third kappa shape index (κ3) is 6.28. The molecule has 0 spiro atoms. The summed E-state index contributed by atoms with van der Waals surface area (Å²) in [4.78, 5) is 0. The van der Waals surface area contributed by atoms with E-state index in [0.717, 1.165) is 24.2 Å². The van der Waals surface area contributed by atoms with Crippen LogP contribution in [0.25, 0.3) is 117 Å². The average Bonchev–Trinajstić information content (AvgIpc) is 4.07. The molecule has 3 heteroatoms. The summed E-state index contributed by atoms with van der Waals surface area (Å²) in [6.07, 6.45) is 4.44. The fourth-order valence-electron chi connectivity index (χ4n) is 11.5. The highest BCUT2D eigenvalue weighted by atomic mass is 15.0. The van der Waals surface area contributed by atoms with Gasteiger partial charge in [0.1, 0.15) is 0 Å². The molecule has 69 heavy (non-hydrogen) atoms. The zero-order chi connectivity index (χ0) is 45.4. The minimum Gasteiger partial charge on any atom is -0.309 e. The summed E-state index contributed by atoms with van der Waals surface area (Å²) in [5.41, 5.74) is 19.4. The normalized spacial score (nSPS) is 12.6. The Bertz CT molecular complexity index is 4280. The summed E-state index contributed by atoms with van der Waals surface area (Å²) in [6, 6.07) is 89.2. The van der Waals surface area contributed by atoms with E-state index >= 15 is 0 Å². The second-order valence-electron chi connectivity index (χ2n) is 18.4. The second kappa shape index (κ2) is 15.9. The average molecular weight is 880 g/mol. The van der Waals surface area contributed by atoms with Crippen LogP contribution in [0.2, 0.25) is 0 Å². The maximum atomic E-state index is 2.48. The molecule has 3 heterocycles. The lowest BCUT2D eigenvalue weighted by Gasteiger charge is -2.15. The SMILES string of the molecule is C1=c2c(n(-c3ccccc3)c3ccccc23)=C(c2cccc(-c3ccc4c(c3)c3cc(-c5cccc(-c6cccc7c8ccccc8n(-c8ccccc8)c67)c5)ccc3n4-c3ccccc3)c2)CC1. The van der Waals surface area contributed by atoms with Gasteiger partial charge in [-0.2, -0.15) is 0 Å². The molecule has 0 unspecified atom stereocenters. The number of hydrogen-bond acceptors (Lipinski definition) is 0. The Balaban J connectivity index is 0.928. The number of aromatic nitrogens is 3. The maximum absolute atomic E-state index is 2.48. The van der Waals surface area contributed by atoms with Crippen molar-refractivity contribution < 1.29 is 0 Å². The van der Waals surface area contributed by atoms with Gasteiger partial charge in [-0.25, -0.2) is 0 Å². The van der Waals surface area contributed by atoms with Crippen molar-refractivity contribution >= 4 is 66.2 Å². The number of benzene rings is 10. The molecule has 14 rings (SSSR count). The van der Waals surface area contributed by atoms with Crippen LogP contribution < -0.4 is 10.6 Å². The quantitative estimate of drug-likeness (QED) is 0.152. The van der Waals surface area contributed by atoms with Crippen LogP contribution in [0.15, 0.2) is 243 Å². The third-order valence-electron chi connectivity index (χ3n) is 14.5. The first kappa shape index (κ1) is 39.3. The molecule has 324 valence electrons. The molecule has 0 aliphatic heterocycles. The van der Waals surface area contributed by atoms with Crippen LogP contribution in [0.4, 0.5) is 0 Å². The van der Waals surface area contributed by atoms with Crippen LogP contribution in [-0.4, -0.2) is 13.7 Å². The lowest BCUT2D eigenvalue weighted by molar-refractivity contribution is 0.999. The molecule has 1 aliphatic rings. The first-order valence-electron chi connectivity index (χ1n) is 24.1. The Kier molecular flexibility index (Phi) is 9.03. The molecule has 0 atom stereocenters. The van der Waals surface area contributed by atoms with Gasteiger partial charge in [0.05, 0.1) is 32.9 Å². The van der Waals surface area contributed by atoms with Gasteiger partial charge in [-0.05, 0) is 137 Å². The Morgan fingerprint density at radius 2 is 0.754 bits per heavy atom. The first-order valence-corrected chi connectivity index (χ1v) is 24.1. The van der Waals surface area contributed by atoms with E-state index in [1.165, 1.54) is 115 Å². The molecule has 1 aliphatic carbocycles. The molecule has 0 amide bonds. The van der Waals surface area contributed by atoms with Gasteiger partial charge in [0.2, 0.25) is 0 Å². The predicted molar refractivity (Wildman–Crippen MR) is 290 cm³/mol. The van der Waals surface area contributed by atoms with Crippen LogP contribution in [0.3, 0.4) is 0 Å². The zero-order valence-electron chi connectivity index (χ0n) is 37.9. The van der Waals surface area contributed by atoms with Crippen molar-refractivity contribution in [2.24, 2.45) is 0 Å². The molecule has 0 fully saturated rings. The van der Waals surface area contributed by atoms with E-state index in [1.807, 2.05) is 0 Å². The maximum Gasteiger partial charge on any atom is 0.0619 e. The summed E-state index contributed by atoms with van der Waals surface area (Å²) >= 11 is 0. The molecule has 0 saturated carbocycles. The van der Waals surface area contributed by atoms with E-state index in [-0.39, 0.29) is 0 Å². The number of hydrogen-bond donors (Lipinski definition) is 0. The van der Waals surface area contributed by atoms with E-state index in [4.69, 9.17) is 0 Å². The molecular weight excluding hydrogens is 835 g/mol. The van der Waals surface area contributed by atoms with Gasteiger partial charge >= 0.3 is 0 Å². The van der Waals surface area contributed by atoms with Crippen molar-refractivity contribution in [2.45, 2.75) is 12.8 Å². The summed E-state index contributed by atoms with van der Waals surface area (Å²) in [6.45, 7) is 0. The summed E-state index contributed by atoms with van der Waals surface area (Å²) in [7, 11) is 0. The Hall–Kier alpha value is -8.92. The fourth-order valence-corrected chi connectivity index (χ4v) is 11.5. The topological polar surface area (TPSA) is 14.8 Å². The van der Waals surface area contributed by atoms with E-state index in [9.17, 15) is 0 Å². The van der Waals surface area contributed by atoms with Crippen molar-refractivity contribution in [3.8, 4) is 50.4 Å². The minimum atomic E-state index is 0.985. The Labute approximate surface area is 400 Å². The highest BCUT2D eigenvalue weighted by Gasteiger charge is 2.20. The smallest absolute Gasteiger partial charge is 0.0619 e. The van der Waals surface area contributed by atoms with Crippen LogP contribution in [0.1, 0.15) is 18.4 Å². The fraction of sp³-hybridized carbons (Fsp3) is 0.0303. The van der Waals surface area contributed by atoms with Crippen LogP contribution in [-0.2, 0) is 0 Å². The largest absolute Gasteiger partial charge is 0.309 e. The van der Waals surface area contributed by atoms with Crippen molar-refractivity contribution in [1.82, 2.24) is 13.7 Å². The standard InChI is InChI=1S/C66H45N3/c1-4-22-50(23-5-1)67-63-38-36-46(44-18-14-20-48(40-44)53-30-16-32-57-55-28-10-12-34-61(55)68(65(53)57)51-24-6-2-7-25-51)42-59(63)60-43-47(37-39-64(60)67)45-19-15-21-49(41-45)54-31-17-33-58-56-29-11-13-35-62(56)69(66(54)58)52-26-8-3-9-27-52/h1-16,18-30,32-43H,17,31H2. The molecule has 0 saturated heterocycles. The van der Waals surface area contributed by atoms with Crippen LogP contribution >= 0.6 is 0 Å². The van der Waals surface area contributed by atoms with Gasteiger partial charge in [0.25, 0.3) is 0 Å². The van der Waals surface area contributed by atoms with Crippen molar-refractivity contribution in [3.05, 3.63) is 259 Å².